The van der Waals surface area contributed by atoms with Gasteiger partial charge in [0.1, 0.15) is 0 Å². The minimum atomic E-state index is 0.369. The molecule has 2 unspecified atom stereocenters. The predicted octanol–water partition coefficient (Wildman–Crippen LogP) is 7.20. The molecule has 0 spiro atoms. The lowest BCUT2D eigenvalue weighted by molar-refractivity contribution is -0.0504. The van der Waals surface area contributed by atoms with Gasteiger partial charge < -0.3 is 14.1 Å². The monoisotopic (exact) mass is 451 g/mol. The Balaban J connectivity index is 1.11. The van der Waals surface area contributed by atoms with Crippen LogP contribution in [0.3, 0.4) is 0 Å². The minimum Gasteiger partial charge on any atom is -0.472 e. The van der Waals surface area contributed by atoms with Gasteiger partial charge in [-0.25, -0.2) is 0 Å². The molecule has 0 aromatic carbocycles. The highest BCUT2D eigenvalue weighted by Crippen LogP contribution is 2.68. The number of hydrogen-bond donors (Lipinski definition) is 0. The largest absolute Gasteiger partial charge is 0.472 e. The average Bonchev–Trinajstić information content (AvgIpc) is 3.57. The van der Waals surface area contributed by atoms with Crippen molar-refractivity contribution in [2.75, 3.05) is 26.2 Å². The van der Waals surface area contributed by atoms with Crippen molar-refractivity contribution in [2.24, 2.45) is 28.6 Å². The van der Waals surface area contributed by atoms with Crippen molar-refractivity contribution in [1.29, 1.82) is 0 Å². The fraction of sp³-hybridized carbons (Fsp3) is 0.800. The van der Waals surface area contributed by atoms with E-state index in [1.807, 2.05) is 12.5 Å². The third-order valence-corrected chi connectivity index (χ3v) is 11.2. The number of ether oxygens (including phenoxy) is 1. The van der Waals surface area contributed by atoms with Gasteiger partial charge in [0.25, 0.3) is 0 Å². The molecule has 1 aromatic heterocycles. The van der Waals surface area contributed by atoms with Crippen LogP contribution in [-0.4, -0.2) is 37.2 Å². The van der Waals surface area contributed by atoms with Gasteiger partial charge in [-0.05, 0) is 130 Å². The molecule has 7 atom stereocenters. The molecule has 0 N–H and O–H groups in total. The van der Waals surface area contributed by atoms with Crippen LogP contribution < -0.4 is 0 Å². The Labute approximate surface area is 201 Å². The second kappa shape index (κ2) is 8.86. The van der Waals surface area contributed by atoms with Crippen molar-refractivity contribution in [2.45, 2.75) is 96.5 Å². The van der Waals surface area contributed by atoms with Gasteiger partial charge in [-0.2, -0.15) is 0 Å². The zero-order chi connectivity index (χ0) is 22.5. The lowest BCUT2D eigenvalue weighted by Gasteiger charge is -2.58. The van der Waals surface area contributed by atoms with Crippen LogP contribution in [0.4, 0.5) is 0 Å². The van der Waals surface area contributed by atoms with E-state index in [2.05, 4.69) is 30.9 Å². The third-order valence-electron chi connectivity index (χ3n) is 11.2. The van der Waals surface area contributed by atoms with Crippen molar-refractivity contribution < 1.29 is 9.15 Å². The Morgan fingerprint density at radius 2 is 1.91 bits per heavy atom. The summed E-state index contributed by atoms with van der Waals surface area (Å²) >= 11 is 0. The highest BCUT2D eigenvalue weighted by molar-refractivity contribution is 5.27. The van der Waals surface area contributed by atoms with Gasteiger partial charge in [0, 0.05) is 13.2 Å². The summed E-state index contributed by atoms with van der Waals surface area (Å²) in [4.78, 5) is 2.61. The zero-order valence-corrected chi connectivity index (χ0v) is 21.1. The predicted molar refractivity (Wildman–Crippen MR) is 133 cm³/mol. The smallest absolute Gasteiger partial charge is 0.0937 e. The first-order valence-corrected chi connectivity index (χ1v) is 14.2. The van der Waals surface area contributed by atoms with Crippen LogP contribution in [0.15, 0.2) is 34.7 Å². The highest BCUT2D eigenvalue weighted by Gasteiger charge is 2.59. The number of hydrogen-bond acceptors (Lipinski definition) is 3. The zero-order valence-electron chi connectivity index (χ0n) is 21.1. The lowest BCUT2D eigenvalue weighted by atomic mass is 9.46. The summed E-state index contributed by atoms with van der Waals surface area (Å²) < 4.78 is 11.9. The van der Waals surface area contributed by atoms with E-state index in [0.717, 1.165) is 24.4 Å². The number of fused-ring (bicyclic) bond motifs is 5. The van der Waals surface area contributed by atoms with E-state index in [9.17, 15) is 0 Å². The highest BCUT2D eigenvalue weighted by atomic mass is 16.5. The Hall–Kier alpha value is -1.06. The first-order chi connectivity index (χ1) is 16.1. The van der Waals surface area contributed by atoms with E-state index in [1.54, 1.807) is 5.57 Å². The standard InChI is InChI=1S/C30H45NO2/c1-29-13-10-24(33-18-5-17-31-15-3-4-16-31)20-23(29)6-7-25-27-9-8-26(22-12-19-32-21-22)30(27,2)14-11-28(25)29/h12,19-21,24-28H,3-11,13-18H2,1-2H3/t24?,25-,26?,27-,28+,29-,30+/m0/s1. The normalized spacial score (nSPS) is 43.1. The Morgan fingerprint density at radius 1 is 1.03 bits per heavy atom. The van der Waals surface area contributed by atoms with Crippen LogP contribution in [0.2, 0.25) is 0 Å². The molecule has 0 bridgehead atoms. The summed E-state index contributed by atoms with van der Waals surface area (Å²) in [5, 5.41) is 0. The quantitative estimate of drug-likeness (QED) is 0.338. The van der Waals surface area contributed by atoms with Gasteiger partial charge in [-0.15, -0.1) is 0 Å². The van der Waals surface area contributed by atoms with Crippen LogP contribution in [0.25, 0.3) is 0 Å². The third kappa shape index (κ3) is 3.86. The average molecular weight is 452 g/mol. The number of likely N-dealkylation sites (tertiary alicyclic amines) is 1. The second-order valence-corrected chi connectivity index (χ2v) is 12.6. The maximum atomic E-state index is 6.40. The van der Waals surface area contributed by atoms with Gasteiger partial charge >= 0.3 is 0 Å². The van der Waals surface area contributed by atoms with Crippen LogP contribution in [0.1, 0.15) is 96.0 Å². The van der Waals surface area contributed by atoms with Crippen LogP contribution in [0, 0.1) is 28.6 Å². The van der Waals surface area contributed by atoms with Crippen molar-refractivity contribution >= 4 is 0 Å². The van der Waals surface area contributed by atoms with E-state index >= 15 is 0 Å². The van der Waals surface area contributed by atoms with Gasteiger partial charge in [0.05, 0.1) is 18.6 Å². The number of allylic oxidation sites excluding steroid dienone is 1. The number of nitrogens with zero attached hydrogens (tertiary/aromatic N) is 1. The Bertz CT molecular complexity index is 839. The van der Waals surface area contributed by atoms with Gasteiger partial charge in [0.15, 0.2) is 0 Å². The fourth-order valence-corrected chi connectivity index (χ4v) is 9.38. The number of furan rings is 1. The molecule has 2 heterocycles. The van der Waals surface area contributed by atoms with E-state index in [4.69, 9.17) is 9.15 Å². The molecule has 3 nitrogen and oxygen atoms in total. The lowest BCUT2D eigenvalue weighted by Crippen LogP contribution is -2.50. The molecular weight excluding hydrogens is 406 g/mol. The summed E-state index contributed by atoms with van der Waals surface area (Å²) in [5.41, 5.74) is 4.11. The molecular formula is C30H45NO2. The van der Waals surface area contributed by atoms with E-state index in [0.29, 0.717) is 22.9 Å². The van der Waals surface area contributed by atoms with Crippen molar-refractivity contribution in [3.63, 3.8) is 0 Å². The van der Waals surface area contributed by atoms with Crippen LogP contribution >= 0.6 is 0 Å². The minimum absolute atomic E-state index is 0.369. The second-order valence-electron chi connectivity index (χ2n) is 12.6. The van der Waals surface area contributed by atoms with Crippen molar-refractivity contribution in [3.8, 4) is 0 Å². The molecule has 1 saturated heterocycles. The Morgan fingerprint density at radius 3 is 2.73 bits per heavy atom. The molecule has 5 aliphatic rings. The fourth-order valence-electron chi connectivity index (χ4n) is 9.38. The molecule has 4 aliphatic carbocycles. The summed E-state index contributed by atoms with van der Waals surface area (Å²) in [5.74, 6) is 3.40. The molecule has 3 heteroatoms. The maximum Gasteiger partial charge on any atom is 0.0937 e. The summed E-state index contributed by atoms with van der Waals surface area (Å²) in [6.45, 7) is 10.0. The van der Waals surface area contributed by atoms with Crippen molar-refractivity contribution in [1.82, 2.24) is 4.90 Å². The molecule has 0 radical (unpaired) electrons. The molecule has 3 saturated carbocycles. The molecule has 4 fully saturated rings. The molecule has 6 rings (SSSR count). The summed E-state index contributed by atoms with van der Waals surface area (Å²) in [7, 11) is 0. The van der Waals surface area contributed by atoms with Gasteiger partial charge in [-0.3, -0.25) is 0 Å². The first-order valence-electron chi connectivity index (χ1n) is 14.2. The van der Waals surface area contributed by atoms with Crippen molar-refractivity contribution in [3.05, 3.63) is 35.8 Å². The topological polar surface area (TPSA) is 25.6 Å². The molecule has 1 aromatic rings. The SMILES string of the molecule is C[C@]12CCC(OCCCN3CCCC3)C=C1CC[C@@H]1[C@H]2CC[C@]2(C)C(c3ccoc3)CC[C@@H]12. The summed E-state index contributed by atoms with van der Waals surface area (Å²) in [6, 6.07) is 2.24. The van der Waals surface area contributed by atoms with E-state index in [1.165, 1.54) is 95.8 Å². The van der Waals surface area contributed by atoms with E-state index < -0.39 is 0 Å². The van der Waals surface area contributed by atoms with Crippen LogP contribution in [-0.2, 0) is 4.74 Å². The molecule has 1 aliphatic heterocycles. The van der Waals surface area contributed by atoms with Gasteiger partial charge in [0.2, 0.25) is 0 Å². The molecule has 33 heavy (non-hydrogen) atoms. The molecule has 182 valence electrons. The Kier molecular flexibility index (Phi) is 6.02. The summed E-state index contributed by atoms with van der Waals surface area (Å²) in [6.07, 6.45) is 21.7. The van der Waals surface area contributed by atoms with E-state index in [-0.39, 0.29) is 0 Å². The van der Waals surface area contributed by atoms with Gasteiger partial charge in [-0.1, -0.05) is 25.5 Å². The maximum absolute atomic E-state index is 6.40. The first kappa shape index (κ1) is 22.4. The van der Waals surface area contributed by atoms with Crippen LogP contribution in [0.5, 0.6) is 0 Å². The molecule has 0 amide bonds. The number of rotatable bonds is 6.